The van der Waals surface area contributed by atoms with Crippen molar-refractivity contribution in [3.63, 3.8) is 0 Å². The molecule has 0 aliphatic heterocycles. The SMILES string of the molecule is CCn1cc(CC(=O)NC)c2c(OC)c(/C=C/C(=O)OC)cc(F)c21. The zero-order chi connectivity index (χ0) is 18.6. The van der Waals surface area contributed by atoms with Crippen LogP contribution in [0.5, 0.6) is 5.75 Å². The maximum absolute atomic E-state index is 14.7. The Morgan fingerprint density at radius 1 is 1.36 bits per heavy atom. The summed E-state index contributed by atoms with van der Waals surface area (Å²) in [5.41, 5.74) is 1.42. The summed E-state index contributed by atoms with van der Waals surface area (Å²) in [6.07, 6.45) is 4.47. The van der Waals surface area contributed by atoms with Crippen molar-refractivity contribution in [3.8, 4) is 5.75 Å². The molecule has 0 bridgehead atoms. The Hall–Kier alpha value is -2.83. The number of hydrogen-bond acceptors (Lipinski definition) is 4. The van der Waals surface area contributed by atoms with Gasteiger partial charge in [0.05, 0.1) is 26.2 Å². The first kappa shape index (κ1) is 18.5. The van der Waals surface area contributed by atoms with Gasteiger partial charge in [-0.15, -0.1) is 0 Å². The summed E-state index contributed by atoms with van der Waals surface area (Å²) in [7, 11) is 4.27. The van der Waals surface area contributed by atoms with E-state index in [4.69, 9.17) is 4.74 Å². The van der Waals surface area contributed by atoms with Gasteiger partial charge in [0, 0.05) is 36.8 Å². The van der Waals surface area contributed by atoms with Crippen molar-refractivity contribution in [2.45, 2.75) is 19.9 Å². The van der Waals surface area contributed by atoms with Crippen molar-refractivity contribution in [2.24, 2.45) is 0 Å². The second kappa shape index (κ2) is 7.83. The molecule has 0 aliphatic carbocycles. The van der Waals surface area contributed by atoms with Gasteiger partial charge >= 0.3 is 5.97 Å². The lowest BCUT2D eigenvalue weighted by Gasteiger charge is -2.11. The number of hydrogen-bond donors (Lipinski definition) is 1. The molecule has 0 spiro atoms. The van der Waals surface area contributed by atoms with Crippen LogP contribution in [0.1, 0.15) is 18.1 Å². The van der Waals surface area contributed by atoms with Crippen molar-refractivity contribution in [2.75, 3.05) is 21.3 Å². The van der Waals surface area contributed by atoms with Crippen LogP contribution in [0, 0.1) is 5.82 Å². The molecule has 134 valence electrons. The van der Waals surface area contributed by atoms with Gasteiger partial charge in [-0.2, -0.15) is 0 Å². The minimum absolute atomic E-state index is 0.0972. The number of likely N-dealkylation sites (N-methyl/N-ethyl adjacent to an activating group) is 1. The number of carbonyl (C=O) groups excluding carboxylic acids is 2. The minimum atomic E-state index is -0.556. The summed E-state index contributed by atoms with van der Waals surface area (Å²) in [6, 6.07) is 1.30. The Balaban J connectivity index is 2.74. The number of amides is 1. The number of esters is 1. The molecule has 2 aromatic rings. The Labute approximate surface area is 145 Å². The highest BCUT2D eigenvalue weighted by molar-refractivity contribution is 5.97. The van der Waals surface area contributed by atoms with Gasteiger partial charge in [-0.05, 0) is 24.6 Å². The smallest absolute Gasteiger partial charge is 0.330 e. The number of methoxy groups -OCH3 is 2. The zero-order valence-electron chi connectivity index (χ0n) is 14.7. The van der Waals surface area contributed by atoms with Crippen LogP contribution in [0.4, 0.5) is 4.39 Å². The minimum Gasteiger partial charge on any atom is -0.495 e. The number of carbonyl (C=O) groups is 2. The van der Waals surface area contributed by atoms with E-state index in [1.807, 2.05) is 6.92 Å². The van der Waals surface area contributed by atoms with Gasteiger partial charge in [-0.1, -0.05) is 0 Å². The molecule has 1 aromatic heterocycles. The second-order valence-corrected chi connectivity index (χ2v) is 5.35. The summed E-state index contributed by atoms with van der Waals surface area (Å²) >= 11 is 0. The van der Waals surface area contributed by atoms with Crippen LogP contribution >= 0.6 is 0 Å². The standard InChI is InChI=1S/C18H21FN2O4/c1-5-21-10-12(9-14(22)20-2)16-17(21)13(19)8-11(18(16)25-4)6-7-15(23)24-3/h6-8,10H,5,9H2,1-4H3,(H,20,22)/b7-6+. The number of ether oxygens (including phenoxy) is 2. The van der Waals surface area contributed by atoms with E-state index in [0.29, 0.717) is 34.3 Å². The number of halogens is 1. The van der Waals surface area contributed by atoms with Gasteiger partial charge in [0.25, 0.3) is 0 Å². The zero-order valence-corrected chi connectivity index (χ0v) is 14.7. The van der Waals surface area contributed by atoms with Gasteiger partial charge in [0.2, 0.25) is 5.91 Å². The molecule has 1 N–H and O–H groups in total. The average Bonchev–Trinajstić information content (AvgIpc) is 2.98. The molecule has 0 unspecified atom stereocenters. The molecular formula is C18H21FN2O4. The Morgan fingerprint density at radius 2 is 2.08 bits per heavy atom. The molecule has 0 saturated heterocycles. The number of aromatic nitrogens is 1. The molecule has 1 heterocycles. The topological polar surface area (TPSA) is 69.6 Å². The van der Waals surface area contributed by atoms with Crippen LogP contribution in [0.2, 0.25) is 0 Å². The molecule has 25 heavy (non-hydrogen) atoms. The summed E-state index contributed by atoms with van der Waals surface area (Å²) in [4.78, 5) is 23.2. The fourth-order valence-electron chi connectivity index (χ4n) is 2.75. The lowest BCUT2D eigenvalue weighted by atomic mass is 10.0. The number of benzene rings is 1. The first-order valence-corrected chi connectivity index (χ1v) is 7.81. The second-order valence-electron chi connectivity index (χ2n) is 5.35. The van der Waals surface area contributed by atoms with Gasteiger partial charge in [0.1, 0.15) is 11.6 Å². The van der Waals surface area contributed by atoms with Crippen molar-refractivity contribution >= 4 is 28.9 Å². The normalized spacial score (nSPS) is 11.1. The molecule has 1 amide bonds. The average molecular weight is 348 g/mol. The van der Waals surface area contributed by atoms with Gasteiger partial charge < -0.3 is 19.4 Å². The van der Waals surface area contributed by atoms with Crippen LogP contribution in [0.3, 0.4) is 0 Å². The lowest BCUT2D eigenvalue weighted by molar-refractivity contribution is -0.134. The largest absolute Gasteiger partial charge is 0.495 e. The summed E-state index contributed by atoms with van der Waals surface area (Å²) in [5.74, 6) is -0.791. The molecule has 0 aliphatic rings. The number of rotatable bonds is 6. The van der Waals surface area contributed by atoms with E-state index in [-0.39, 0.29) is 12.3 Å². The van der Waals surface area contributed by atoms with E-state index in [2.05, 4.69) is 10.1 Å². The van der Waals surface area contributed by atoms with Crippen molar-refractivity contribution < 1.29 is 23.5 Å². The summed E-state index contributed by atoms with van der Waals surface area (Å²) < 4.78 is 26.5. The number of nitrogens with zero attached hydrogens (tertiary/aromatic N) is 1. The predicted octanol–water partition coefficient (Wildman–Crippen LogP) is 2.28. The monoisotopic (exact) mass is 348 g/mol. The molecular weight excluding hydrogens is 327 g/mol. The van der Waals surface area contributed by atoms with E-state index < -0.39 is 11.8 Å². The first-order valence-electron chi connectivity index (χ1n) is 7.81. The van der Waals surface area contributed by atoms with Crippen molar-refractivity contribution in [1.29, 1.82) is 0 Å². The Kier molecular flexibility index (Phi) is 5.80. The lowest BCUT2D eigenvalue weighted by Crippen LogP contribution is -2.19. The maximum atomic E-state index is 14.7. The molecule has 7 heteroatoms. The van der Waals surface area contributed by atoms with Crippen LogP contribution < -0.4 is 10.1 Å². The van der Waals surface area contributed by atoms with Gasteiger partial charge in [0.15, 0.2) is 0 Å². The van der Waals surface area contributed by atoms with E-state index in [1.165, 1.54) is 32.4 Å². The quantitative estimate of drug-likeness (QED) is 0.642. The van der Waals surface area contributed by atoms with Crippen LogP contribution in [0.25, 0.3) is 17.0 Å². The third kappa shape index (κ3) is 3.65. The third-order valence-corrected chi connectivity index (χ3v) is 3.93. The molecule has 2 rings (SSSR count). The fourth-order valence-corrected chi connectivity index (χ4v) is 2.75. The maximum Gasteiger partial charge on any atom is 0.330 e. The van der Waals surface area contributed by atoms with Crippen LogP contribution in [0.15, 0.2) is 18.3 Å². The third-order valence-electron chi connectivity index (χ3n) is 3.93. The van der Waals surface area contributed by atoms with Gasteiger partial charge in [-0.3, -0.25) is 4.79 Å². The van der Waals surface area contributed by atoms with Crippen molar-refractivity contribution in [3.05, 3.63) is 35.3 Å². The molecule has 0 saturated carbocycles. The van der Waals surface area contributed by atoms with E-state index in [9.17, 15) is 14.0 Å². The van der Waals surface area contributed by atoms with E-state index in [0.717, 1.165) is 0 Å². The predicted molar refractivity (Wildman–Crippen MR) is 92.9 cm³/mol. The van der Waals surface area contributed by atoms with Crippen molar-refractivity contribution in [1.82, 2.24) is 9.88 Å². The highest BCUT2D eigenvalue weighted by Gasteiger charge is 2.20. The summed E-state index contributed by atoms with van der Waals surface area (Å²) in [6.45, 7) is 2.43. The number of aryl methyl sites for hydroxylation is 1. The number of fused-ring (bicyclic) bond motifs is 1. The highest BCUT2D eigenvalue weighted by Crippen LogP contribution is 2.37. The molecule has 0 radical (unpaired) electrons. The molecule has 0 atom stereocenters. The van der Waals surface area contributed by atoms with E-state index in [1.54, 1.807) is 17.8 Å². The molecule has 0 fully saturated rings. The molecule has 6 nitrogen and oxygen atoms in total. The van der Waals surface area contributed by atoms with Crippen LogP contribution in [-0.4, -0.2) is 37.7 Å². The fraction of sp³-hybridized carbons (Fsp3) is 0.333. The van der Waals surface area contributed by atoms with E-state index >= 15 is 0 Å². The van der Waals surface area contributed by atoms with Crippen LogP contribution in [-0.2, 0) is 27.3 Å². The van der Waals surface area contributed by atoms with Gasteiger partial charge in [-0.25, -0.2) is 9.18 Å². The first-order chi connectivity index (χ1) is 12.0. The molecule has 1 aromatic carbocycles. The highest BCUT2D eigenvalue weighted by atomic mass is 19.1. The Bertz CT molecular complexity index is 839. The Morgan fingerprint density at radius 3 is 2.64 bits per heavy atom. The summed E-state index contributed by atoms with van der Waals surface area (Å²) in [5, 5.41) is 3.09. The number of nitrogens with one attached hydrogen (secondary N) is 1.